The van der Waals surface area contributed by atoms with Crippen molar-refractivity contribution in [2.45, 2.75) is 43.5 Å². The molecule has 1 saturated carbocycles. The molecular formula is C13H20N2S. The summed E-state index contributed by atoms with van der Waals surface area (Å²) in [5.74, 6) is 1.93. The van der Waals surface area contributed by atoms with E-state index in [1.807, 2.05) is 24.2 Å². The van der Waals surface area contributed by atoms with Crippen LogP contribution in [0.4, 0.5) is 0 Å². The van der Waals surface area contributed by atoms with Crippen LogP contribution in [0.2, 0.25) is 0 Å². The number of nitrogens with zero attached hydrogens (tertiary/aromatic N) is 1. The van der Waals surface area contributed by atoms with Crippen molar-refractivity contribution >= 4 is 11.8 Å². The minimum absolute atomic E-state index is 0.580. The van der Waals surface area contributed by atoms with Crippen molar-refractivity contribution in [3.8, 4) is 0 Å². The Morgan fingerprint density at radius 3 is 2.94 bits per heavy atom. The predicted molar refractivity (Wildman–Crippen MR) is 70.1 cm³/mol. The van der Waals surface area contributed by atoms with Gasteiger partial charge < -0.3 is 5.32 Å². The molecule has 1 aromatic rings. The molecule has 2 rings (SSSR count). The first-order chi connectivity index (χ1) is 7.75. The lowest BCUT2D eigenvalue weighted by Crippen LogP contribution is -2.24. The van der Waals surface area contributed by atoms with Crippen molar-refractivity contribution in [3.63, 3.8) is 0 Å². The molecule has 1 aliphatic rings. The Bertz CT molecular complexity index is 334. The van der Waals surface area contributed by atoms with Crippen molar-refractivity contribution in [2.24, 2.45) is 0 Å². The molecule has 3 heteroatoms. The summed E-state index contributed by atoms with van der Waals surface area (Å²) in [5.41, 5.74) is 1.43. The molecule has 1 fully saturated rings. The normalized spacial score (nSPS) is 15.7. The second-order valence-corrected chi connectivity index (χ2v) is 5.85. The highest BCUT2D eigenvalue weighted by molar-refractivity contribution is 7.99. The first kappa shape index (κ1) is 11.9. The van der Waals surface area contributed by atoms with E-state index in [1.54, 1.807) is 0 Å². The van der Waals surface area contributed by atoms with E-state index < -0.39 is 0 Å². The number of nitrogens with one attached hydrogen (secondary N) is 1. The quantitative estimate of drug-likeness (QED) is 0.607. The Kier molecular flexibility index (Phi) is 4.24. The zero-order chi connectivity index (χ0) is 11.4. The van der Waals surface area contributed by atoms with Crippen LogP contribution in [0.25, 0.3) is 0 Å². The van der Waals surface area contributed by atoms with Gasteiger partial charge in [0, 0.05) is 35.6 Å². The van der Waals surface area contributed by atoms with E-state index in [0.29, 0.717) is 6.04 Å². The molecule has 1 heterocycles. The second kappa shape index (κ2) is 5.69. The molecule has 1 N–H and O–H groups in total. The Balaban J connectivity index is 1.77. The monoisotopic (exact) mass is 236 g/mol. The molecular weight excluding hydrogens is 216 g/mol. The van der Waals surface area contributed by atoms with E-state index in [1.165, 1.54) is 23.3 Å². The Hall–Kier alpha value is -0.540. The lowest BCUT2D eigenvalue weighted by atomic mass is 10.2. The summed E-state index contributed by atoms with van der Waals surface area (Å²) in [6, 6.07) is 2.89. The molecule has 1 aliphatic carbocycles. The molecule has 0 amide bonds. The number of thioether (sulfide) groups is 1. The zero-order valence-electron chi connectivity index (χ0n) is 10.1. The van der Waals surface area contributed by atoms with E-state index >= 15 is 0 Å². The maximum atomic E-state index is 4.32. The summed E-state index contributed by atoms with van der Waals surface area (Å²) in [7, 11) is 0. The third-order valence-electron chi connectivity index (χ3n) is 2.71. The van der Waals surface area contributed by atoms with E-state index in [0.717, 1.165) is 18.2 Å². The molecule has 0 radical (unpaired) electrons. The minimum Gasteiger partial charge on any atom is -0.314 e. The maximum Gasteiger partial charge on any atom is 0.0404 e. The summed E-state index contributed by atoms with van der Waals surface area (Å²) >= 11 is 1.90. The zero-order valence-corrected chi connectivity index (χ0v) is 10.9. The predicted octanol–water partition coefficient (Wildman–Crippen LogP) is 3.05. The molecule has 1 aromatic heterocycles. The van der Waals surface area contributed by atoms with Gasteiger partial charge in [-0.05, 0) is 30.4 Å². The lowest BCUT2D eigenvalue weighted by Gasteiger charge is -2.07. The third-order valence-corrected chi connectivity index (χ3v) is 3.67. The van der Waals surface area contributed by atoms with Gasteiger partial charge in [-0.25, -0.2) is 0 Å². The molecule has 0 aromatic carbocycles. The van der Waals surface area contributed by atoms with Gasteiger partial charge in [0.2, 0.25) is 0 Å². The van der Waals surface area contributed by atoms with Crippen LogP contribution < -0.4 is 5.32 Å². The minimum atomic E-state index is 0.580. The van der Waals surface area contributed by atoms with Crippen LogP contribution in [-0.4, -0.2) is 23.3 Å². The molecule has 0 bridgehead atoms. The second-order valence-electron chi connectivity index (χ2n) is 4.69. The Morgan fingerprint density at radius 2 is 2.25 bits per heavy atom. The Labute approximate surface area is 102 Å². The maximum absolute atomic E-state index is 4.32. The topological polar surface area (TPSA) is 24.9 Å². The standard InChI is InChI=1S/C13H20N2S/c1-10(2)15-5-6-16-13-7-12(8-14-9-13)11-3-4-11/h7-11,15H,3-6H2,1-2H3. The summed E-state index contributed by atoms with van der Waals surface area (Å²) < 4.78 is 0. The van der Waals surface area contributed by atoms with Crippen LogP contribution in [0.3, 0.4) is 0 Å². The van der Waals surface area contributed by atoms with Crippen LogP contribution in [0, 0.1) is 0 Å². The van der Waals surface area contributed by atoms with Crippen LogP contribution in [-0.2, 0) is 0 Å². The fourth-order valence-corrected chi connectivity index (χ4v) is 2.48. The number of hydrogen-bond acceptors (Lipinski definition) is 3. The van der Waals surface area contributed by atoms with Crippen LogP contribution in [0.15, 0.2) is 23.4 Å². The van der Waals surface area contributed by atoms with E-state index in [4.69, 9.17) is 0 Å². The van der Waals surface area contributed by atoms with Gasteiger partial charge >= 0.3 is 0 Å². The van der Waals surface area contributed by atoms with Gasteiger partial charge in [-0.15, -0.1) is 11.8 Å². The van der Waals surface area contributed by atoms with Gasteiger partial charge in [0.15, 0.2) is 0 Å². The number of pyridine rings is 1. The van der Waals surface area contributed by atoms with Crippen molar-refractivity contribution in [1.82, 2.24) is 10.3 Å². The first-order valence-corrected chi connectivity index (χ1v) is 7.05. The Morgan fingerprint density at radius 1 is 1.44 bits per heavy atom. The average molecular weight is 236 g/mol. The van der Waals surface area contributed by atoms with E-state index in [9.17, 15) is 0 Å². The number of rotatable bonds is 6. The highest BCUT2D eigenvalue weighted by atomic mass is 32.2. The molecule has 0 atom stereocenters. The SMILES string of the molecule is CC(C)NCCSc1cncc(C2CC2)c1. The van der Waals surface area contributed by atoms with Crippen LogP contribution in [0.1, 0.15) is 38.2 Å². The first-order valence-electron chi connectivity index (χ1n) is 6.07. The molecule has 0 saturated heterocycles. The van der Waals surface area contributed by atoms with Gasteiger partial charge in [-0.1, -0.05) is 13.8 Å². The number of aromatic nitrogens is 1. The largest absolute Gasteiger partial charge is 0.314 e. The van der Waals surface area contributed by atoms with Crippen LogP contribution >= 0.6 is 11.8 Å². The highest BCUT2D eigenvalue weighted by Crippen LogP contribution is 2.40. The summed E-state index contributed by atoms with van der Waals surface area (Å²) in [6.45, 7) is 5.43. The van der Waals surface area contributed by atoms with Crippen molar-refractivity contribution in [3.05, 3.63) is 24.0 Å². The van der Waals surface area contributed by atoms with Gasteiger partial charge in [0.25, 0.3) is 0 Å². The number of hydrogen-bond donors (Lipinski definition) is 1. The van der Waals surface area contributed by atoms with Gasteiger partial charge in [-0.3, -0.25) is 4.98 Å². The average Bonchev–Trinajstić information content (AvgIpc) is 3.08. The molecule has 2 nitrogen and oxygen atoms in total. The van der Waals surface area contributed by atoms with Gasteiger partial charge in [0.05, 0.1) is 0 Å². The molecule has 0 unspecified atom stereocenters. The molecule has 16 heavy (non-hydrogen) atoms. The fraction of sp³-hybridized carbons (Fsp3) is 0.615. The van der Waals surface area contributed by atoms with Gasteiger partial charge in [0.1, 0.15) is 0 Å². The van der Waals surface area contributed by atoms with Crippen molar-refractivity contribution in [2.75, 3.05) is 12.3 Å². The highest BCUT2D eigenvalue weighted by Gasteiger charge is 2.23. The molecule has 0 spiro atoms. The summed E-state index contributed by atoms with van der Waals surface area (Å²) in [5, 5.41) is 3.42. The van der Waals surface area contributed by atoms with Crippen LogP contribution in [0.5, 0.6) is 0 Å². The smallest absolute Gasteiger partial charge is 0.0404 e. The van der Waals surface area contributed by atoms with E-state index in [-0.39, 0.29) is 0 Å². The van der Waals surface area contributed by atoms with Gasteiger partial charge in [-0.2, -0.15) is 0 Å². The van der Waals surface area contributed by atoms with E-state index in [2.05, 4.69) is 30.2 Å². The molecule has 88 valence electrons. The van der Waals surface area contributed by atoms with Crippen molar-refractivity contribution < 1.29 is 0 Å². The molecule has 0 aliphatic heterocycles. The summed E-state index contributed by atoms with van der Waals surface area (Å²) in [4.78, 5) is 5.63. The fourth-order valence-electron chi connectivity index (χ4n) is 1.67. The van der Waals surface area contributed by atoms with Crippen molar-refractivity contribution in [1.29, 1.82) is 0 Å². The lowest BCUT2D eigenvalue weighted by molar-refractivity contribution is 0.616. The summed E-state index contributed by atoms with van der Waals surface area (Å²) in [6.07, 6.45) is 6.70. The third kappa shape index (κ3) is 3.80.